The summed E-state index contributed by atoms with van der Waals surface area (Å²) in [5.74, 6) is -3.23. The molecule has 0 N–H and O–H groups in total. The number of halogens is 3. The van der Waals surface area contributed by atoms with Crippen LogP contribution in [0, 0.1) is 6.92 Å². The van der Waals surface area contributed by atoms with Crippen LogP contribution in [-0.2, 0) is 15.0 Å². The fourth-order valence-electron chi connectivity index (χ4n) is 1.19. The van der Waals surface area contributed by atoms with Crippen molar-refractivity contribution < 1.29 is 17.2 Å². The van der Waals surface area contributed by atoms with E-state index in [0.29, 0.717) is 12.5 Å². The Morgan fingerprint density at radius 2 is 1.87 bits per heavy atom. The van der Waals surface area contributed by atoms with Gasteiger partial charge in [-0.2, -0.15) is 0 Å². The predicted octanol–water partition coefficient (Wildman–Crippen LogP) is 3.03. The van der Waals surface area contributed by atoms with Gasteiger partial charge in [-0.15, -0.1) is 0 Å². The van der Waals surface area contributed by atoms with Crippen LogP contribution in [0.3, 0.4) is 0 Å². The molecule has 1 aromatic carbocycles. The molecule has 0 spiro atoms. The van der Waals surface area contributed by atoms with Gasteiger partial charge in [-0.05, 0) is 18.6 Å². The van der Waals surface area contributed by atoms with Crippen LogP contribution in [0.5, 0.6) is 0 Å². The number of rotatable bonds is 2. The first kappa shape index (κ1) is 12.4. The van der Waals surface area contributed by atoms with Crippen LogP contribution in [0.2, 0.25) is 0 Å². The maximum Gasteiger partial charge on any atom is 0.271 e. The molecule has 84 valence electrons. The summed E-state index contributed by atoms with van der Waals surface area (Å²) < 4.78 is 48.3. The van der Waals surface area contributed by atoms with E-state index in [4.69, 9.17) is 10.7 Å². The Morgan fingerprint density at radius 3 is 2.27 bits per heavy atom. The molecule has 0 saturated heterocycles. The topological polar surface area (TPSA) is 34.1 Å². The first-order valence-electron chi connectivity index (χ1n) is 4.06. The molecule has 0 aromatic heterocycles. The van der Waals surface area contributed by atoms with Gasteiger partial charge in [-0.3, -0.25) is 0 Å². The summed E-state index contributed by atoms with van der Waals surface area (Å²) in [4.78, 5) is -0.531. The molecule has 0 fully saturated rings. The minimum absolute atomic E-state index is 0.531. The standard InChI is InChI=1S/C9H9ClF2O2S/c1-6-3-4-7(9(2,11)12)8(5-6)15(10,13)14/h3-5H,1-2H3. The van der Waals surface area contributed by atoms with Gasteiger partial charge in [0, 0.05) is 23.2 Å². The van der Waals surface area contributed by atoms with Crippen molar-refractivity contribution in [2.75, 3.05) is 0 Å². The Labute approximate surface area is 91.3 Å². The molecule has 0 bridgehead atoms. The van der Waals surface area contributed by atoms with E-state index in [-0.39, 0.29) is 0 Å². The summed E-state index contributed by atoms with van der Waals surface area (Å²) in [5, 5.41) is 0. The summed E-state index contributed by atoms with van der Waals surface area (Å²) in [5.41, 5.74) is -0.0228. The Bertz CT molecular complexity index is 477. The van der Waals surface area contributed by atoms with Gasteiger partial charge in [0.15, 0.2) is 0 Å². The third-order valence-electron chi connectivity index (χ3n) is 1.87. The highest BCUT2D eigenvalue weighted by atomic mass is 35.7. The average Bonchev–Trinajstić information content (AvgIpc) is 2.00. The molecule has 0 radical (unpaired) electrons. The molecular weight excluding hydrogens is 246 g/mol. The molecule has 0 aliphatic rings. The molecule has 0 aliphatic heterocycles. The van der Waals surface area contributed by atoms with E-state index in [0.717, 1.165) is 12.1 Å². The van der Waals surface area contributed by atoms with Gasteiger partial charge in [0.1, 0.15) is 0 Å². The molecule has 15 heavy (non-hydrogen) atoms. The highest BCUT2D eigenvalue weighted by Crippen LogP contribution is 2.34. The lowest BCUT2D eigenvalue weighted by Gasteiger charge is -2.14. The number of benzene rings is 1. The van der Waals surface area contributed by atoms with Crippen molar-refractivity contribution in [2.24, 2.45) is 0 Å². The van der Waals surface area contributed by atoms with Crippen LogP contribution in [0.25, 0.3) is 0 Å². The van der Waals surface area contributed by atoms with E-state index in [1.165, 1.54) is 6.07 Å². The molecule has 1 aromatic rings. The lowest BCUT2D eigenvalue weighted by Crippen LogP contribution is -2.12. The summed E-state index contributed by atoms with van der Waals surface area (Å²) in [6.45, 7) is 2.23. The van der Waals surface area contributed by atoms with E-state index in [1.807, 2.05) is 0 Å². The zero-order chi connectivity index (χ0) is 11.9. The number of alkyl halides is 2. The van der Waals surface area contributed by atoms with E-state index in [9.17, 15) is 17.2 Å². The molecule has 1 rings (SSSR count). The van der Waals surface area contributed by atoms with E-state index < -0.39 is 25.4 Å². The summed E-state index contributed by atoms with van der Waals surface area (Å²) in [7, 11) is 0.934. The second-order valence-electron chi connectivity index (χ2n) is 3.33. The monoisotopic (exact) mass is 254 g/mol. The van der Waals surface area contributed by atoms with Gasteiger partial charge in [-0.1, -0.05) is 12.1 Å². The highest BCUT2D eigenvalue weighted by molar-refractivity contribution is 8.13. The van der Waals surface area contributed by atoms with Gasteiger partial charge in [-0.25, -0.2) is 17.2 Å². The van der Waals surface area contributed by atoms with Crippen LogP contribution >= 0.6 is 10.7 Å². The Morgan fingerprint density at radius 1 is 1.33 bits per heavy atom. The molecule has 0 amide bonds. The summed E-state index contributed by atoms with van der Waals surface area (Å²) >= 11 is 0. The number of aryl methyl sites for hydroxylation is 1. The maximum absolute atomic E-state index is 13.1. The molecule has 2 nitrogen and oxygen atoms in total. The zero-order valence-electron chi connectivity index (χ0n) is 8.09. The van der Waals surface area contributed by atoms with Gasteiger partial charge >= 0.3 is 0 Å². The van der Waals surface area contributed by atoms with Crippen molar-refractivity contribution in [1.82, 2.24) is 0 Å². The van der Waals surface area contributed by atoms with Crippen molar-refractivity contribution in [3.05, 3.63) is 29.3 Å². The zero-order valence-corrected chi connectivity index (χ0v) is 9.66. The first-order valence-corrected chi connectivity index (χ1v) is 6.37. The van der Waals surface area contributed by atoms with Gasteiger partial charge < -0.3 is 0 Å². The van der Waals surface area contributed by atoms with Crippen molar-refractivity contribution in [3.8, 4) is 0 Å². The molecule has 0 saturated carbocycles. The number of hydrogen-bond donors (Lipinski definition) is 0. The minimum atomic E-state index is -4.15. The van der Waals surface area contributed by atoms with Crippen LogP contribution in [0.1, 0.15) is 18.1 Å². The minimum Gasteiger partial charge on any atom is -0.207 e. The van der Waals surface area contributed by atoms with Crippen molar-refractivity contribution in [1.29, 1.82) is 0 Å². The van der Waals surface area contributed by atoms with E-state index >= 15 is 0 Å². The SMILES string of the molecule is Cc1ccc(C(C)(F)F)c(S(=O)(=O)Cl)c1. The number of hydrogen-bond acceptors (Lipinski definition) is 2. The average molecular weight is 255 g/mol. The largest absolute Gasteiger partial charge is 0.271 e. The fourth-order valence-corrected chi connectivity index (χ4v) is 2.41. The summed E-state index contributed by atoms with van der Waals surface area (Å²) in [6, 6.07) is 3.62. The molecular formula is C9H9ClF2O2S. The predicted molar refractivity (Wildman–Crippen MR) is 53.8 cm³/mol. The molecule has 0 unspecified atom stereocenters. The fraction of sp³-hybridized carbons (Fsp3) is 0.333. The third-order valence-corrected chi connectivity index (χ3v) is 3.23. The van der Waals surface area contributed by atoms with Crippen molar-refractivity contribution >= 4 is 19.7 Å². The van der Waals surface area contributed by atoms with Crippen LogP contribution < -0.4 is 0 Å². The highest BCUT2D eigenvalue weighted by Gasteiger charge is 2.31. The molecule has 0 atom stereocenters. The first-order chi connectivity index (χ1) is 6.62. The lowest BCUT2D eigenvalue weighted by atomic mass is 10.1. The Hall–Kier alpha value is -0.680. The van der Waals surface area contributed by atoms with Gasteiger partial charge in [0.05, 0.1) is 4.90 Å². The quantitative estimate of drug-likeness (QED) is 0.761. The van der Waals surface area contributed by atoms with Crippen LogP contribution in [0.4, 0.5) is 8.78 Å². The Kier molecular flexibility index (Phi) is 3.07. The second-order valence-corrected chi connectivity index (χ2v) is 5.86. The molecule has 0 aliphatic carbocycles. The second kappa shape index (κ2) is 3.72. The van der Waals surface area contributed by atoms with Crippen LogP contribution in [-0.4, -0.2) is 8.42 Å². The summed E-state index contributed by atoms with van der Waals surface area (Å²) in [6.07, 6.45) is 0. The molecule has 0 heterocycles. The smallest absolute Gasteiger partial charge is 0.207 e. The third kappa shape index (κ3) is 2.89. The normalized spacial score (nSPS) is 12.9. The van der Waals surface area contributed by atoms with Gasteiger partial charge in [0.25, 0.3) is 15.0 Å². The van der Waals surface area contributed by atoms with Crippen LogP contribution in [0.15, 0.2) is 23.1 Å². The Balaban J connectivity index is 3.55. The van der Waals surface area contributed by atoms with Gasteiger partial charge in [0.2, 0.25) is 0 Å². The van der Waals surface area contributed by atoms with Crippen molar-refractivity contribution in [2.45, 2.75) is 24.7 Å². The van der Waals surface area contributed by atoms with Crippen molar-refractivity contribution in [3.63, 3.8) is 0 Å². The molecule has 6 heteroatoms. The van der Waals surface area contributed by atoms with E-state index in [2.05, 4.69) is 0 Å². The lowest BCUT2D eigenvalue weighted by molar-refractivity contribution is 0.0145. The maximum atomic E-state index is 13.1. The van der Waals surface area contributed by atoms with E-state index in [1.54, 1.807) is 6.92 Å².